The number of hydrogen-bond acceptors (Lipinski definition) is 4. The fourth-order valence-corrected chi connectivity index (χ4v) is 4.57. The van der Waals surface area contributed by atoms with Gasteiger partial charge in [0.15, 0.2) is 0 Å². The van der Waals surface area contributed by atoms with E-state index in [0.29, 0.717) is 6.42 Å². The molecule has 1 aliphatic rings. The molecule has 0 saturated carbocycles. The molecule has 2 N–H and O–H groups in total. The lowest BCUT2D eigenvalue weighted by atomic mass is 9.95. The van der Waals surface area contributed by atoms with E-state index in [2.05, 4.69) is 38.7 Å². The maximum Gasteiger partial charge on any atom is 0.227 e. The normalized spacial score (nSPS) is 14.7. The highest BCUT2D eigenvalue weighted by Crippen LogP contribution is 2.25. The van der Waals surface area contributed by atoms with Crippen molar-refractivity contribution >= 4 is 28.3 Å². The first kappa shape index (κ1) is 23.9. The number of hydrogen-bond donors (Lipinski definition) is 2. The van der Waals surface area contributed by atoms with Crippen molar-refractivity contribution in [2.24, 2.45) is 5.92 Å². The SMILES string of the molecule is O=C(CCc1cccnc1)NCCCCN1CCC(C(=O)Nc2cccc3ccccc23)CC1. The van der Waals surface area contributed by atoms with Gasteiger partial charge in [0.1, 0.15) is 0 Å². The number of fused-ring (bicyclic) bond motifs is 1. The lowest BCUT2D eigenvalue weighted by molar-refractivity contribution is -0.121. The van der Waals surface area contributed by atoms with Crippen molar-refractivity contribution in [3.8, 4) is 0 Å². The molecule has 0 radical (unpaired) electrons. The van der Waals surface area contributed by atoms with E-state index in [-0.39, 0.29) is 17.7 Å². The molecule has 1 aromatic heterocycles. The van der Waals surface area contributed by atoms with Crippen molar-refractivity contribution in [2.45, 2.75) is 38.5 Å². The number of nitrogens with one attached hydrogen (secondary N) is 2. The Morgan fingerprint density at radius 3 is 2.62 bits per heavy atom. The molecule has 6 nitrogen and oxygen atoms in total. The van der Waals surface area contributed by atoms with Crippen LogP contribution in [0.3, 0.4) is 0 Å². The topological polar surface area (TPSA) is 74.3 Å². The van der Waals surface area contributed by atoms with Gasteiger partial charge in [-0.15, -0.1) is 0 Å². The predicted octanol–water partition coefficient (Wildman–Crippen LogP) is 4.41. The third-order valence-corrected chi connectivity index (χ3v) is 6.59. The minimum Gasteiger partial charge on any atom is -0.356 e. The van der Waals surface area contributed by atoms with Crippen LogP contribution in [-0.4, -0.2) is 47.9 Å². The number of carbonyl (C=O) groups is 2. The van der Waals surface area contributed by atoms with Gasteiger partial charge in [-0.1, -0.05) is 42.5 Å². The Bertz CT molecular complexity index is 1070. The summed E-state index contributed by atoms with van der Waals surface area (Å²) in [7, 11) is 0. The maximum atomic E-state index is 12.9. The highest BCUT2D eigenvalue weighted by Gasteiger charge is 2.25. The molecule has 0 bridgehead atoms. The zero-order valence-electron chi connectivity index (χ0n) is 19.7. The van der Waals surface area contributed by atoms with Crippen LogP contribution >= 0.6 is 0 Å². The van der Waals surface area contributed by atoms with Crippen LogP contribution in [0.15, 0.2) is 67.0 Å². The van der Waals surface area contributed by atoms with Gasteiger partial charge in [-0.05, 0) is 74.8 Å². The first-order valence-electron chi connectivity index (χ1n) is 12.4. The van der Waals surface area contributed by atoms with Crippen LogP contribution in [-0.2, 0) is 16.0 Å². The molecular formula is C28H34N4O2. The number of rotatable bonds is 10. The van der Waals surface area contributed by atoms with Crippen molar-refractivity contribution in [1.29, 1.82) is 0 Å². The molecule has 0 spiro atoms. The molecule has 2 amide bonds. The van der Waals surface area contributed by atoms with Gasteiger partial charge in [0.2, 0.25) is 11.8 Å². The number of unbranched alkanes of at least 4 members (excludes halogenated alkanes) is 1. The zero-order valence-corrected chi connectivity index (χ0v) is 19.7. The second-order valence-electron chi connectivity index (χ2n) is 9.05. The van der Waals surface area contributed by atoms with Crippen molar-refractivity contribution in [2.75, 3.05) is 31.5 Å². The van der Waals surface area contributed by atoms with Crippen LogP contribution in [0.4, 0.5) is 5.69 Å². The quantitative estimate of drug-likeness (QED) is 0.441. The number of aromatic nitrogens is 1. The lowest BCUT2D eigenvalue weighted by Gasteiger charge is -2.31. The van der Waals surface area contributed by atoms with E-state index in [1.807, 2.05) is 42.6 Å². The molecule has 0 unspecified atom stereocenters. The van der Waals surface area contributed by atoms with E-state index in [4.69, 9.17) is 0 Å². The van der Waals surface area contributed by atoms with Crippen LogP contribution in [0.1, 0.15) is 37.7 Å². The van der Waals surface area contributed by atoms with Gasteiger partial charge in [0.25, 0.3) is 0 Å². The fourth-order valence-electron chi connectivity index (χ4n) is 4.57. The Morgan fingerprint density at radius 1 is 0.971 bits per heavy atom. The molecule has 4 rings (SSSR count). The molecule has 6 heteroatoms. The Morgan fingerprint density at radius 2 is 1.79 bits per heavy atom. The Hall–Kier alpha value is -3.25. The summed E-state index contributed by atoms with van der Waals surface area (Å²) in [6.07, 6.45) is 8.58. The summed E-state index contributed by atoms with van der Waals surface area (Å²) in [5, 5.41) is 8.40. The van der Waals surface area contributed by atoms with Gasteiger partial charge in [0.05, 0.1) is 0 Å². The summed E-state index contributed by atoms with van der Waals surface area (Å²) in [5.41, 5.74) is 1.99. The standard InChI is InChI=1S/C28H34N4O2/c33-27(13-12-22-7-6-16-29-21-22)30-17-3-4-18-32-19-14-24(15-20-32)28(34)31-26-11-5-9-23-8-1-2-10-25(23)26/h1-2,5-11,16,21,24H,3-4,12-15,17-20H2,(H,30,33)(H,31,34). The van der Waals surface area contributed by atoms with E-state index in [1.54, 1.807) is 6.20 Å². The van der Waals surface area contributed by atoms with Gasteiger partial charge in [-0.2, -0.15) is 0 Å². The molecule has 34 heavy (non-hydrogen) atoms. The molecule has 1 fully saturated rings. The first-order chi connectivity index (χ1) is 16.7. The van der Waals surface area contributed by atoms with Crippen LogP contribution in [0.2, 0.25) is 0 Å². The predicted molar refractivity (Wildman–Crippen MR) is 137 cm³/mol. The number of aryl methyl sites for hydroxylation is 1. The number of likely N-dealkylation sites (tertiary alicyclic amines) is 1. The number of benzene rings is 2. The van der Waals surface area contributed by atoms with Crippen LogP contribution in [0, 0.1) is 5.92 Å². The smallest absolute Gasteiger partial charge is 0.227 e. The Kier molecular flexibility index (Phi) is 8.63. The van der Waals surface area contributed by atoms with E-state index in [9.17, 15) is 9.59 Å². The number of pyridine rings is 1. The molecule has 1 aliphatic heterocycles. The third kappa shape index (κ3) is 6.87. The molecule has 2 heterocycles. The Balaban J connectivity index is 1.10. The van der Waals surface area contributed by atoms with Crippen molar-refractivity contribution in [1.82, 2.24) is 15.2 Å². The van der Waals surface area contributed by atoms with Gasteiger partial charge in [-0.3, -0.25) is 14.6 Å². The lowest BCUT2D eigenvalue weighted by Crippen LogP contribution is -2.38. The summed E-state index contributed by atoms with van der Waals surface area (Å²) < 4.78 is 0. The van der Waals surface area contributed by atoms with Gasteiger partial charge in [0, 0.05) is 42.4 Å². The van der Waals surface area contributed by atoms with Crippen molar-refractivity contribution in [3.63, 3.8) is 0 Å². The molecular weight excluding hydrogens is 424 g/mol. The largest absolute Gasteiger partial charge is 0.356 e. The minimum absolute atomic E-state index is 0.0642. The number of anilines is 1. The van der Waals surface area contributed by atoms with E-state index < -0.39 is 0 Å². The van der Waals surface area contributed by atoms with Crippen LogP contribution in [0.25, 0.3) is 10.8 Å². The number of piperidine rings is 1. The van der Waals surface area contributed by atoms with Crippen LogP contribution < -0.4 is 10.6 Å². The van der Waals surface area contributed by atoms with Gasteiger partial charge >= 0.3 is 0 Å². The average molecular weight is 459 g/mol. The second-order valence-corrected chi connectivity index (χ2v) is 9.05. The van der Waals surface area contributed by atoms with Crippen molar-refractivity contribution in [3.05, 3.63) is 72.6 Å². The molecule has 3 aromatic rings. The summed E-state index contributed by atoms with van der Waals surface area (Å²) in [5.74, 6) is 0.293. The second kappa shape index (κ2) is 12.3. The Labute approximate surface area is 201 Å². The summed E-state index contributed by atoms with van der Waals surface area (Å²) in [6.45, 7) is 3.63. The average Bonchev–Trinajstić information content (AvgIpc) is 2.88. The zero-order chi connectivity index (χ0) is 23.6. The fraction of sp³-hybridized carbons (Fsp3) is 0.393. The van der Waals surface area contributed by atoms with Gasteiger partial charge < -0.3 is 15.5 Å². The van der Waals surface area contributed by atoms with E-state index in [1.165, 1.54) is 0 Å². The third-order valence-electron chi connectivity index (χ3n) is 6.59. The summed E-state index contributed by atoms with van der Waals surface area (Å²) in [6, 6.07) is 18.1. The molecule has 0 atom stereocenters. The van der Waals surface area contributed by atoms with Crippen LogP contribution in [0.5, 0.6) is 0 Å². The molecule has 2 aromatic carbocycles. The van der Waals surface area contributed by atoms with E-state index >= 15 is 0 Å². The summed E-state index contributed by atoms with van der Waals surface area (Å²) >= 11 is 0. The highest BCUT2D eigenvalue weighted by molar-refractivity contribution is 6.02. The molecule has 0 aliphatic carbocycles. The summed E-state index contributed by atoms with van der Waals surface area (Å²) in [4.78, 5) is 31.4. The highest BCUT2D eigenvalue weighted by atomic mass is 16.2. The maximum absolute atomic E-state index is 12.9. The monoisotopic (exact) mass is 458 g/mol. The molecule has 178 valence electrons. The van der Waals surface area contributed by atoms with Crippen molar-refractivity contribution < 1.29 is 9.59 Å². The number of carbonyl (C=O) groups excluding carboxylic acids is 2. The molecule has 1 saturated heterocycles. The number of amides is 2. The minimum atomic E-state index is 0.0642. The number of nitrogens with zero attached hydrogens (tertiary/aromatic N) is 2. The first-order valence-corrected chi connectivity index (χ1v) is 12.4. The van der Waals surface area contributed by atoms with Gasteiger partial charge in [-0.25, -0.2) is 0 Å². The van der Waals surface area contributed by atoms with E-state index in [0.717, 1.165) is 80.3 Å².